The van der Waals surface area contributed by atoms with E-state index in [-0.39, 0.29) is 44.2 Å². The molecule has 4 aromatic carbocycles. The quantitative estimate of drug-likeness (QED) is 0.168. The highest BCUT2D eigenvalue weighted by Crippen LogP contribution is 2.50. The summed E-state index contributed by atoms with van der Waals surface area (Å²) in [6, 6.07) is 31.7. The van der Waals surface area contributed by atoms with E-state index in [4.69, 9.17) is 18.9 Å². The highest BCUT2D eigenvalue weighted by molar-refractivity contribution is 5.81. The number of carbonyl (C=O) groups excluding carboxylic acids is 3. The van der Waals surface area contributed by atoms with Crippen molar-refractivity contribution in [2.24, 2.45) is 5.92 Å². The lowest BCUT2D eigenvalue weighted by atomic mass is 9.68. The van der Waals surface area contributed by atoms with Crippen LogP contribution in [0.25, 0.3) is 11.1 Å². The number of nitrogens with one attached hydrogen (secondary N) is 2. The van der Waals surface area contributed by atoms with Crippen LogP contribution in [-0.4, -0.2) is 73.6 Å². The van der Waals surface area contributed by atoms with Gasteiger partial charge in [0, 0.05) is 48.7 Å². The van der Waals surface area contributed by atoms with Crippen LogP contribution in [0.3, 0.4) is 0 Å². The predicted molar refractivity (Wildman–Crippen MR) is 210 cm³/mol. The van der Waals surface area contributed by atoms with E-state index < -0.39 is 35.2 Å². The second-order valence-electron chi connectivity index (χ2n) is 15.8. The molecular weight excluding hydrogens is 695 g/mol. The number of benzene rings is 4. The molecule has 2 N–H and O–H groups in total. The minimum absolute atomic E-state index is 0.114. The molecule has 0 aromatic heterocycles. The Kier molecular flexibility index (Phi) is 10.9. The maximum absolute atomic E-state index is 14.4. The first-order valence-corrected chi connectivity index (χ1v) is 19.3. The van der Waals surface area contributed by atoms with Crippen molar-refractivity contribution < 1.29 is 33.3 Å². The lowest BCUT2D eigenvalue weighted by Gasteiger charge is -2.42. The van der Waals surface area contributed by atoms with E-state index >= 15 is 0 Å². The van der Waals surface area contributed by atoms with Crippen molar-refractivity contribution >= 4 is 18.1 Å². The summed E-state index contributed by atoms with van der Waals surface area (Å²) in [4.78, 5) is 42.8. The molecular formula is C45H51N3O7. The summed E-state index contributed by atoms with van der Waals surface area (Å²) in [7, 11) is 0. The Labute approximate surface area is 323 Å². The zero-order valence-electron chi connectivity index (χ0n) is 32.3. The van der Waals surface area contributed by atoms with Crippen LogP contribution in [0, 0.1) is 5.92 Å². The number of hydrogen-bond acceptors (Lipinski definition) is 7. The smallest absolute Gasteiger partial charge is 0.409 e. The van der Waals surface area contributed by atoms with Gasteiger partial charge in [-0.3, -0.25) is 4.79 Å². The maximum atomic E-state index is 14.4. The SMILES string of the molecule is CCOC(C)CC1(CNC(=O)[C@@H]2C[C@H](NC(=O)OC(C)(C)C)CN(C(=O)OCC3c4ccccc4-c4ccccc43)C2)c2ccccc2Oc2ccccc21. The van der Waals surface area contributed by atoms with Gasteiger partial charge >= 0.3 is 12.2 Å². The van der Waals surface area contributed by atoms with Crippen LogP contribution >= 0.6 is 0 Å². The molecule has 0 spiro atoms. The van der Waals surface area contributed by atoms with Gasteiger partial charge in [-0.25, -0.2) is 9.59 Å². The maximum Gasteiger partial charge on any atom is 0.409 e. The molecule has 4 aromatic rings. The topological polar surface area (TPSA) is 115 Å². The molecule has 1 fully saturated rings. The van der Waals surface area contributed by atoms with Gasteiger partial charge in [-0.15, -0.1) is 0 Å². The van der Waals surface area contributed by atoms with Crippen molar-refractivity contribution in [3.63, 3.8) is 0 Å². The summed E-state index contributed by atoms with van der Waals surface area (Å²) in [5.41, 5.74) is 5.05. The predicted octanol–water partition coefficient (Wildman–Crippen LogP) is 8.17. The number of alkyl carbamates (subject to hydrolysis) is 1. The fourth-order valence-corrected chi connectivity index (χ4v) is 8.57. The van der Waals surface area contributed by atoms with Crippen molar-refractivity contribution in [3.8, 4) is 22.6 Å². The molecule has 0 saturated carbocycles. The van der Waals surface area contributed by atoms with Crippen molar-refractivity contribution in [2.75, 3.05) is 32.8 Å². The van der Waals surface area contributed by atoms with Crippen molar-refractivity contribution in [1.29, 1.82) is 0 Å². The second-order valence-corrected chi connectivity index (χ2v) is 15.8. The third-order valence-electron chi connectivity index (χ3n) is 10.8. The van der Waals surface area contributed by atoms with Gasteiger partial charge in [0.1, 0.15) is 23.7 Å². The van der Waals surface area contributed by atoms with Crippen LogP contribution in [0.1, 0.15) is 75.6 Å². The van der Waals surface area contributed by atoms with E-state index in [1.807, 2.05) is 74.5 Å². The van der Waals surface area contributed by atoms with Gasteiger partial charge in [0.15, 0.2) is 0 Å². The Hall–Kier alpha value is -5.35. The monoisotopic (exact) mass is 745 g/mol. The van der Waals surface area contributed by atoms with Gasteiger partial charge < -0.3 is 34.5 Å². The number of para-hydroxylation sites is 2. The van der Waals surface area contributed by atoms with E-state index in [9.17, 15) is 14.4 Å². The van der Waals surface area contributed by atoms with Crippen LogP contribution in [0.15, 0.2) is 97.1 Å². The summed E-state index contributed by atoms with van der Waals surface area (Å²) in [6.45, 7) is 10.7. The summed E-state index contributed by atoms with van der Waals surface area (Å²) in [6.07, 6.45) is -0.355. The van der Waals surface area contributed by atoms with Crippen LogP contribution < -0.4 is 15.4 Å². The lowest BCUT2D eigenvalue weighted by Crippen LogP contribution is -2.56. The number of hydrogen-bond donors (Lipinski definition) is 2. The Morgan fingerprint density at radius 1 is 0.855 bits per heavy atom. The highest BCUT2D eigenvalue weighted by atomic mass is 16.6. The summed E-state index contributed by atoms with van der Waals surface area (Å²) in [5, 5.41) is 6.21. The zero-order valence-corrected chi connectivity index (χ0v) is 32.3. The van der Waals surface area contributed by atoms with Crippen molar-refractivity contribution in [3.05, 3.63) is 119 Å². The second kappa shape index (κ2) is 15.8. The molecule has 0 bridgehead atoms. The number of piperidine rings is 1. The van der Waals surface area contributed by atoms with Gasteiger partial charge in [-0.05, 0) is 81.8 Å². The number of fused-ring (bicyclic) bond motifs is 5. The third kappa shape index (κ3) is 8.05. The molecule has 2 aliphatic heterocycles. The highest BCUT2D eigenvalue weighted by Gasteiger charge is 2.45. The number of rotatable bonds is 10. The third-order valence-corrected chi connectivity index (χ3v) is 10.8. The molecule has 1 saturated heterocycles. The molecule has 10 nitrogen and oxygen atoms in total. The molecule has 10 heteroatoms. The van der Waals surface area contributed by atoms with Gasteiger partial charge in [0.25, 0.3) is 0 Å². The van der Waals surface area contributed by atoms with Gasteiger partial charge in [0.05, 0.1) is 18.1 Å². The Balaban J connectivity index is 1.12. The zero-order chi connectivity index (χ0) is 38.7. The number of nitrogens with zero attached hydrogens (tertiary/aromatic N) is 1. The van der Waals surface area contributed by atoms with Gasteiger partial charge in [0.2, 0.25) is 5.91 Å². The summed E-state index contributed by atoms with van der Waals surface area (Å²) >= 11 is 0. The first kappa shape index (κ1) is 37.9. The largest absolute Gasteiger partial charge is 0.457 e. The summed E-state index contributed by atoms with van der Waals surface area (Å²) < 4.78 is 24.1. The molecule has 3 amide bonds. The molecule has 2 heterocycles. The average Bonchev–Trinajstić information content (AvgIpc) is 3.48. The van der Waals surface area contributed by atoms with Crippen LogP contribution in [0.4, 0.5) is 9.59 Å². The Bertz CT molecular complexity index is 1950. The first-order chi connectivity index (χ1) is 26.5. The minimum atomic E-state index is -0.717. The molecule has 288 valence electrons. The molecule has 1 unspecified atom stereocenters. The normalized spacial score (nSPS) is 18.7. The van der Waals surface area contributed by atoms with E-state index in [2.05, 4.69) is 47.0 Å². The Morgan fingerprint density at radius 3 is 2.04 bits per heavy atom. The fourth-order valence-electron chi connectivity index (χ4n) is 8.57. The van der Waals surface area contributed by atoms with Crippen LogP contribution in [-0.2, 0) is 24.4 Å². The van der Waals surface area contributed by atoms with Crippen LogP contribution in [0.5, 0.6) is 11.5 Å². The fraction of sp³-hybridized carbons (Fsp3) is 0.400. The molecule has 3 aliphatic rings. The number of amides is 3. The molecule has 3 atom stereocenters. The molecule has 7 rings (SSSR count). The Morgan fingerprint density at radius 2 is 1.44 bits per heavy atom. The minimum Gasteiger partial charge on any atom is -0.457 e. The van der Waals surface area contributed by atoms with E-state index in [1.54, 1.807) is 20.8 Å². The van der Waals surface area contributed by atoms with Gasteiger partial charge in [-0.2, -0.15) is 0 Å². The molecule has 1 aliphatic carbocycles. The van der Waals surface area contributed by atoms with Gasteiger partial charge in [-0.1, -0.05) is 84.9 Å². The molecule has 0 radical (unpaired) electrons. The standard InChI is InChI=1S/C45H51N3O7/c1-6-52-29(2)24-45(37-19-11-13-21-39(37)54-40-22-14-12-20-38(40)45)28-46-41(49)30-23-31(47-42(50)55-44(3,4)5)26-48(25-30)43(51)53-27-36-34-17-9-7-15-32(34)33-16-8-10-18-35(33)36/h7-22,29-31,36H,6,23-28H2,1-5H3,(H,46,49)(H,47,50)/t29?,30-,31+/m1/s1. The average molecular weight is 746 g/mol. The molecule has 55 heavy (non-hydrogen) atoms. The van der Waals surface area contributed by atoms with E-state index in [1.165, 1.54) is 4.90 Å². The number of ether oxygens (including phenoxy) is 4. The number of likely N-dealkylation sites (tertiary alicyclic amines) is 1. The number of carbonyl (C=O) groups is 3. The lowest BCUT2D eigenvalue weighted by molar-refractivity contribution is -0.127. The van der Waals surface area contributed by atoms with E-state index in [0.717, 1.165) is 44.9 Å². The van der Waals surface area contributed by atoms with Crippen molar-refractivity contribution in [2.45, 2.75) is 76.5 Å². The van der Waals surface area contributed by atoms with Crippen LogP contribution in [0.2, 0.25) is 0 Å². The first-order valence-electron chi connectivity index (χ1n) is 19.3. The van der Waals surface area contributed by atoms with E-state index in [0.29, 0.717) is 19.4 Å². The summed E-state index contributed by atoms with van der Waals surface area (Å²) in [5.74, 6) is 0.494. The van der Waals surface area contributed by atoms with Crippen molar-refractivity contribution in [1.82, 2.24) is 15.5 Å².